The second-order valence-electron chi connectivity index (χ2n) is 2.61. The number of fused-ring (bicyclic) bond motifs is 1. The molecule has 0 saturated carbocycles. The van der Waals surface area contributed by atoms with Crippen molar-refractivity contribution in [2.45, 2.75) is 0 Å². The SMILES string of the molecule is C#CCOc1ccc2[nH]ncc2c1. The molecule has 0 unspecified atom stereocenters. The lowest BCUT2D eigenvalue weighted by atomic mass is 10.2. The summed E-state index contributed by atoms with van der Waals surface area (Å²) in [5, 5.41) is 7.78. The minimum Gasteiger partial charge on any atom is -0.481 e. The number of aromatic amines is 1. The van der Waals surface area contributed by atoms with Gasteiger partial charge in [0.05, 0.1) is 11.7 Å². The van der Waals surface area contributed by atoms with E-state index in [1.807, 2.05) is 18.2 Å². The summed E-state index contributed by atoms with van der Waals surface area (Å²) in [6.07, 6.45) is 6.82. The van der Waals surface area contributed by atoms with Gasteiger partial charge < -0.3 is 4.74 Å². The van der Waals surface area contributed by atoms with Crippen molar-refractivity contribution >= 4 is 10.9 Å². The van der Waals surface area contributed by atoms with Crippen molar-refractivity contribution in [2.24, 2.45) is 0 Å². The molecule has 1 aromatic heterocycles. The largest absolute Gasteiger partial charge is 0.481 e. The summed E-state index contributed by atoms with van der Waals surface area (Å²) in [4.78, 5) is 0. The van der Waals surface area contributed by atoms with E-state index < -0.39 is 0 Å². The Kier molecular flexibility index (Phi) is 1.89. The van der Waals surface area contributed by atoms with Crippen LogP contribution in [0.3, 0.4) is 0 Å². The third-order valence-corrected chi connectivity index (χ3v) is 1.73. The van der Waals surface area contributed by atoms with Crippen molar-refractivity contribution in [2.75, 3.05) is 6.61 Å². The van der Waals surface area contributed by atoms with Crippen LogP contribution >= 0.6 is 0 Å². The standard InChI is InChI=1S/C10H8N2O/c1-2-5-13-9-3-4-10-8(6-9)7-11-12-10/h1,3-4,6-7H,5H2,(H,11,12). The van der Waals surface area contributed by atoms with Gasteiger partial charge in [0.15, 0.2) is 0 Å². The molecule has 0 aliphatic heterocycles. The lowest BCUT2D eigenvalue weighted by molar-refractivity contribution is 0.371. The number of ether oxygens (including phenoxy) is 1. The number of H-pyrrole nitrogens is 1. The fraction of sp³-hybridized carbons (Fsp3) is 0.100. The van der Waals surface area contributed by atoms with Gasteiger partial charge in [0, 0.05) is 5.39 Å². The molecule has 64 valence electrons. The molecule has 0 radical (unpaired) electrons. The fourth-order valence-corrected chi connectivity index (χ4v) is 1.14. The molecule has 0 amide bonds. The zero-order valence-corrected chi connectivity index (χ0v) is 6.95. The van der Waals surface area contributed by atoms with Crippen LogP contribution < -0.4 is 4.74 Å². The van der Waals surface area contributed by atoms with E-state index in [2.05, 4.69) is 16.1 Å². The van der Waals surface area contributed by atoms with Crippen molar-refractivity contribution < 1.29 is 4.74 Å². The summed E-state index contributed by atoms with van der Waals surface area (Å²) in [6.45, 7) is 0.295. The normalized spacial score (nSPS) is 9.77. The zero-order valence-electron chi connectivity index (χ0n) is 6.95. The molecular formula is C10H8N2O. The molecule has 3 heteroatoms. The van der Waals surface area contributed by atoms with Crippen LogP contribution in [0.15, 0.2) is 24.4 Å². The summed E-state index contributed by atoms with van der Waals surface area (Å²) >= 11 is 0. The number of rotatable bonds is 2. The van der Waals surface area contributed by atoms with Gasteiger partial charge in [-0.3, -0.25) is 5.10 Å². The molecule has 0 atom stereocenters. The summed E-state index contributed by atoms with van der Waals surface area (Å²) in [6, 6.07) is 5.67. The number of nitrogens with zero attached hydrogens (tertiary/aromatic N) is 1. The minimum atomic E-state index is 0.295. The first-order chi connectivity index (χ1) is 6.40. The number of aromatic nitrogens is 2. The van der Waals surface area contributed by atoms with Crippen LogP contribution in [0.25, 0.3) is 10.9 Å². The van der Waals surface area contributed by atoms with Gasteiger partial charge >= 0.3 is 0 Å². The van der Waals surface area contributed by atoms with Crippen molar-refractivity contribution in [3.8, 4) is 18.1 Å². The Bertz CT molecular complexity index is 453. The molecule has 0 spiro atoms. The molecule has 0 saturated heterocycles. The monoisotopic (exact) mass is 172 g/mol. The van der Waals surface area contributed by atoms with E-state index in [1.54, 1.807) is 6.20 Å². The number of hydrogen-bond donors (Lipinski definition) is 1. The van der Waals surface area contributed by atoms with Crippen molar-refractivity contribution in [3.63, 3.8) is 0 Å². The molecule has 0 bridgehead atoms. The molecule has 1 heterocycles. The average Bonchev–Trinajstić information content (AvgIpc) is 2.61. The lowest BCUT2D eigenvalue weighted by Gasteiger charge is -2.00. The molecular weight excluding hydrogens is 164 g/mol. The first-order valence-electron chi connectivity index (χ1n) is 3.89. The van der Waals surface area contributed by atoms with Crippen molar-refractivity contribution in [1.82, 2.24) is 10.2 Å². The van der Waals surface area contributed by atoms with Gasteiger partial charge in [0.25, 0.3) is 0 Å². The number of terminal acetylenes is 1. The Balaban J connectivity index is 2.33. The second-order valence-corrected chi connectivity index (χ2v) is 2.61. The third kappa shape index (κ3) is 1.47. The van der Waals surface area contributed by atoms with Gasteiger partial charge in [0.1, 0.15) is 12.4 Å². The molecule has 13 heavy (non-hydrogen) atoms. The highest BCUT2D eigenvalue weighted by molar-refractivity contribution is 5.79. The van der Waals surface area contributed by atoms with Crippen molar-refractivity contribution in [3.05, 3.63) is 24.4 Å². The molecule has 0 aliphatic carbocycles. The molecule has 2 aromatic rings. The Morgan fingerprint density at radius 2 is 2.46 bits per heavy atom. The van der Waals surface area contributed by atoms with E-state index in [4.69, 9.17) is 11.2 Å². The van der Waals surface area contributed by atoms with E-state index >= 15 is 0 Å². The number of benzene rings is 1. The predicted molar refractivity (Wildman–Crippen MR) is 50.4 cm³/mol. The van der Waals surface area contributed by atoms with E-state index in [1.165, 1.54) is 0 Å². The van der Waals surface area contributed by atoms with Crippen LogP contribution in [0.1, 0.15) is 0 Å². The molecule has 1 aromatic carbocycles. The average molecular weight is 172 g/mol. The predicted octanol–water partition coefficient (Wildman–Crippen LogP) is 1.57. The molecule has 3 nitrogen and oxygen atoms in total. The van der Waals surface area contributed by atoms with E-state index in [0.29, 0.717) is 6.61 Å². The topological polar surface area (TPSA) is 37.9 Å². The summed E-state index contributed by atoms with van der Waals surface area (Å²) in [5.74, 6) is 3.18. The highest BCUT2D eigenvalue weighted by atomic mass is 16.5. The van der Waals surface area contributed by atoms with Crippen LogP contribution in [0.4, 0.5) is 0 Å². The Morgan fingerprint density at radius 1 is 1.54 bits per heavy atom. The third-order valence-electron chi connectivity index (χ3n) is 1.73. The minimum absolute atomic E-state index is 0.295. The van der Waals surface area contributed by atoms with E-state index in [-0.39, 0.29) is 0 Å². The highest BCUT2D eigenvalue weighted by Gasteiger charge is 1.97. The maximum Gasteiger partial charge on any atom is 0.148 e. The lowest BCUT2D eigenvalue weighted by Crippen LogP contribution is -1.92. The van der Waals surface area contributed by atoms with Crippen molar-refractivity contribution in [1.29, 1.82) is 0 Å². The number of hydrogen-bond acceptors (Lipinski definition) is 2. The first kappa shape index (κ1) is 7.69. The highest BCUT2D eigenvalue weighted by Crippen LogP contribution is 2.18. The smallest absolute Gasteiger partial charge is 0.148 e. The Morgan fingerprint density at radius 3 is 3.31 bits per heavy atom. The summed E-state index contributed by atoms with van der Waals surface area (Å²) in [5.41, 5.74) is 0.994. The summed E-state index contributed by atoms with van der Waals surface area (Å²) < 4.78 is 5.25. The summed E-state index contributed by atoms with van der Waals surface area (Å²) in [7, 11) is 0. The Labute approximate surface area is 75.7 Å². The maximum atomic E-state index is 5.25. The second kappa shape index (κ2) is 3.20. The zero-order chi connectivity index (χ0) is 9.10. The molecule has 0 fully saturated rings. The van der Waals surface area contributed by atoms with Crippen LogP contribution in [-0.4, -0.2) is 16.8 Å². The quantitative estimate of drug-likeness (QED) is 0.698. The van der Waals surface area contributed by atoms with Crippen LogP contribution in [0.5, 0.6) is 5.75 Å². The maximum absolute atomic E-state index is 5.25. The first-order valence-corrected chi connectivity index (χ1v) is 3.89. The molecule has 0 aliphatic rings. The van der Waals surface area contributed by atoms with Gasteiger partial charge in [-0.1, -0.05) is 5.92 Å². The molecule has 1 N–H and O–H groups in total. The van der Waals surface area contributed by atoms with Crippen LogP contribution in [-0.2, 0) is 0 Å². The van der Waals surface area contributed by atoms with Crippen LogP contribution in [0.2, 0.25) is 0 Å². The molecule has 2 rings (SSSR count). The Hall–Kier alpha value is -1.95. The van der Waals surface area contributed by atoms with Gasteiger partial charge in [-0.05, 0) is 18.2 Å². The van der Waals surface area contributed by atoms with Gasteiger partial charge in [-0.25, -0.2) is 0 Å². The van der Waals surface area contributed by atoms with Gasteiger partial charge in [-0.15, -0.1) is 6.42 Å². The van der Waals surface area contributed by atoms with E-state index in [0.717, 1.165) is 16.7 Å². The fourth-order valence-electron chi connectivity index (χ4n) is 1.14. The van der Waals surface area contributed by atoms with Crippen LogP contribution in [0, 0.1) is 12.3 Å². The number of nitrogens with one attached hydrogen (secondary N) is 1. The van der Waals surface area contributed by atoms with Gasteiger partial charge in [-0.2, -0.15) is 5.10 Å². The van der Waals surface area contributed by atoms with Gasteiger partial charge in [0.2, 0.25) is 0 Å². The van der Waals surface area contributed by atoms with E-state index in [9.17, 15) is 0 Å².